The smallest absolute Gasteiger partial charge is 0.327 e. The molecule has 1 aromatic rings. The maximum atomic E-state index is 12.8. The van der Waals surface area contributed by atoms with Crippen LogP contribution >= 0.6 is 0 Å². The summed E-state index contributed by atoms with van der Waals surface area (Å²) in [6.07, 6.45) is -1.83. The number of para-hydroxylation sites is 1. The maximum absolute atomic E-state index is 12.8. The molecule has 0 saturated heterocycles. The SMILES string of the molecule is C=CCN(CC=C)C(=O)C(=O)Nc1ccccc1C(F)(F)F. The van der Waals surface area contributed by atoms with Gasteiger partial charge in [0, 0.05) is 13.1 Å². The van der Waals surface area contributed by atoms with Gasteiger partial charge in [0.15, 0.2) is 0 Å². The minimum absolute atomic E-state index is 0.0825. The van der Waals surface area contributed by atoms with Crippen LogP contribution in [-0.2, 0) is 15.8 Å². The number of alkyl halides is 3. The second-order valence-electron chi connectivity index (χ2n) is 4.28. The van der Waals surface area contributed by atoms with Gasteiger partial charge in [-0.3, -0.25) is 9.59 Å². The summed E-state index contributed by atoms with van der Waals surface area (Å²) in [5.41, 5.74) is -1.49. The number of nitrogens with zero attached hydrogens (tertiary/aromatic N) is 1. The molecule has 0 saturated carbocycles. The lowest BCUT2D eigenvalue weighted by Crippen LogP contribution is -2.40. The molecule has 1 aromatic carbocycles. The van der Waals surface area contributed by atoms with Gasteiger partial charge in [-0.05, 0) is 12.1 Å². The number of benzene rings is 1. The van der Waals surface area contributed by atoms with Gasteiger partial charge in [-0.25, -0.2) is 0 Å². The normalized spacial score (nSPS) is 10.7. The first-order chi connectivity index (χ1) is 10.3. The minimum atomic E-state index is -4.63. The fraction of sp³-hybridized carbons (Fsp3) is 0.200. The number of halogens is 3. The number of anilines is 1. The molecule has 0 aliphatic carbocycles. The number of carbonyl (C=O) groups is 2. The minimum Gasteiger partial charge on any atom is -0.327 e. The predicted octanol–water partition coefficient (Wildman–Crippen LogP) is 2.84. The van der Waals surface area contributed by atoms with Gasteiger partial charge in [-0.15, -0.1) is 13.2 Å². The summed E-state index contributed by atoms with van der Waals surface area (Å²) < 4.78 is 38.5. The van der Waals surface area contributed by atoms with E-state index >= 15 is 0 Å². The Balaban J connectivity index is 2.95. The summed E-state index contributed by atoms with van der Waals surface area (Å²) in [4.78, 5) is 24.9. The van der Waals surface area contributed by atoms with Crippen molar-refractivity contribution in [3.63, 3.8) is 0 Å². The number of rotatable bonds is 5. The number of amides is 2. The molecule has 4 nitrogen and oxygen atoms in total. The molecule has 2 amide bonds. The average molecular weight is 312 g/mol. The van der Waals surface area contributed by atoms with Crippen LogP contribution in [0.3, 0.4) is 0 Å². The Labute approximate surface area is 125 Å². The molecular weight excluding hydrogens is 297 g/mol. The van der Waals surface area contributed by atoms with E-state index < -0.39 is 29.2 Å². The fourth-order valence-corrected chi connectivity index (χ4v) is 1.71. The Hall–Kier alpha value is -2.57. The number of hydrogen-bond donors (Lipinski definition) is 1. The van der Waals surface area contributed by atoms with Crippen molar-refractivity contribution in [2.24, 2.45) is 0 Å². The highest BCUT2D eigenvalue weighted by Gasteiger charge is 2.34. The molecule has 0 heterocycles. The first kappa shape index (κ1) is 17.5. The summed E-state index contributed by atoms with van der Waals surface area (Å²) in [7, 11) is 0. The van der Waals surface area contributed by atoms with Crippen molar-refractivity contribution in [1.82, 2.24) is 4.90 Å². The third-order valence-corrected chi connectivity index (χ3v) is 2.66. The van der Waals surface area contributed by atoms with Crippen molar-refractivity contribution in [3.05, 3.63) is 55.1 Å². The van der Waals surface area contributed by atoms with Crippen LogP contribution in [0.15, 0.2) is 49.6 Å². The van der Waals surface area contributed by atoms with Crippen LogP contribution in [0.25, 0.3) is 0 Å². The molecule has 22 heavy (non-hydrogen) atoms. The molecule has 0 spiro atoms. The van der Waals surface area contributed by atoms with E-state index in [1.807, 2.05) is 5.32 Å². The Morgan fingerprint density at radius 1 is 1.14 bits per heavy atom. The highest BCUT2D eigenvalue weighted by molar-refractivity contribution is 6.39. The molecule has 0 bridgehead atoms. The lowest BCUT2D eigenvalue weighted by Gasteiger charge is -2.19. The second-order valence-corrected chi connectivity index (χ2v) is 4.28. The van der Waals surface area contributed by atoms with Crippen LogP contribution in [0.2, 0.25) is 0 Å². The monoisotopic (exact) mass is 312 g/mol. The molecule has 118 valence electrons. The number of nitrogens with one attached hydrogen (secondary N) is 1. The molecular formula is C15H15F3N2O2. The van der Waals surface area contributed by atoms with Crippen LogP contribution in [0, 0.1) is 0 Å². The van der Waals surface area contributed by atoms with Gasteiger partial charge in [0.1, 0.15) is 0 Å². The van der Waals surface area contributed by atoms with E-state index in [0.717, 1.165) is 17.0 Å². The zero-order chi connectivity index (χ0) is 16.8. The lowest BCUT2D eigenvalue weighted by molar-refractivity contribution is -0.142. The van der Waals surface area contributed by atoms with Crippen molar-refractivity contribution in [2.45, 2.75) is 6.18 Å². The van der Waals surface area contributed by atoms with Crippen molar-refractivity contribution >= 4 is 17.5 Å². The summed E-state index contributed by atoms with van der Waals surface area (Å²) in [6, 6.07) is 4.44. The fourth-order valence-electron chi connectivity index (χ4n) is 1.71. The van der Waals surface area contributed by atoms with E-state index in [2.05, 4.69) is 13.2 Å². The zero-order valence-corrected chi connectivity index (χ0v) is 11.7. The van der Waals surface area contributed by atoms with E-state index in [1.54, 1.807) is 0 Å². The van der Waals surface area contributed by atoms with Crippen LogP contribution < -0.4 is 5.32 Å². The van der Waals surface area contributed by atoms with Crippen molar-refractivity contribution in [1.29, 1.82) is 0 Å². The van der Waals surface area contributed by atoms with Gasteiger partial charge < -0.3 is 10.2 Å². The standard InChI is InChI=1S/C15H15F3N2O2/c1-3-9-20(10-4-2)14(22)13(21)19-12-8-6-5-7-11(12)15(16,17)18/h3-8H,1-2,9-10H2,(H,19,21). The zero-order valence-electron chi connectivity index (χ0n) is 11.7. The summed E-state index contributed by atoms with van der Waals surface area (Å²) in [6.45, 7) is 7.06. The molecule has 0 atom stereocenters. The summed E-state index contributed by atoms with van der Waals surface area (Å²) >= 11 is 0. The first-order valence-corrected chi connectivity index (χ1v) is 6.29. The van der Waals surface area contributed by atoms with Gasteiger partial charge in [-0.1, -0.05) is 24.3 Å². The van der Waals surface area contributed by atoms with Crippen LogP contribution in [0.4, 0.5) is 18.9 Å². The molecule has 0 unspecified atom stereocenters. The molecule has 1 N–H and O–H groups in total. The average Bonchev–Trinajstić information content (AvgIpc) is 2.45. The summed E-state index contributed by atoms with van der Waals surface area (Å²) in [5.74, 6) is -2.11. The van der Waals surface area contributed by atoms with E-state index in [1.165, 1.54) is 24.3 Å². The van der Waals surface area contributed by atoms with E-state index in [0.29, 0.717) is 0 Å². The van der Waals surface area contributed by atoms with Crippen molar-refractivity contribution in [2.75, 3.05) is 18.4 Å². The number of hydrogen-bond acceptors (Lipinski definition) is 2. The Morgan fingerprint density at radius 3 is 2.18 bits per heavy atom. The third-order valence-electron chi connectivity index (χ3n) is 2.66. The highest BCUT2D eigenvalue weighted by atomic mass is 19.4. The maximum Gasteiger partial charge on any atom is 0.418 e. The van der Waals surface area contributed by atoms with Crippen molar-refractivity contribution in [3.8, 4) is 0 Å². The molecule has 7 heteroatoms. The van der Waals surface area contributed by atoms with Crippen molar-refractivity contribution < 1.29 is 22.8 Å². The largest absolute Gasteiger partial charge is 0.418 e. The van der Waals surface area contributed by atoms with Gasteiger partial charge in [-0.2, -0.15) is 13.2 Å². The molecule has 1 rings (SSSR count). The molecule has 0 radical (unpaired) electrons. The molecule has 0 fully saturated rings. The molecule has 0 aliphatic rings. The highest BCUT2D eigenvalue weighted by Crippen LogP contribution is 2.34. The summed E-state index contributed by atoms with van der Waals surface area (Å²) in [5, 5.41) is 2.00. The van der Waals surface area contributed by atoms with Gasteiger partial charge >= 0.3 is 18.0 Å². The van der Waals surface area contributed by atoms with E-state index in [-0.39, 0.29) is 13.1 Å². The molecule has 0 aromatic heterocycles. The second kappa shape index (κ2) is 7.44. The Kier molecular flexibility index (Phi) is 5.91. The lowest BCUT2D eigenvalue weighted by atomic mass is 10.1. The first-order valence-electron chi connectivity index (χ1n) is 6.29. The van der Waals surface area contributed by atoms with Gasteiger partial charge in [0.2, 0.25) is 0 Å². The van der Waals surface area contributed by atoms with Crippen LogP contribution in [0.5, 0.6) is 0 Å². The predicted molar refractivity (Wildman–Crippen MR) is 77.0 cm³/mol. The Morgan fingerprint density at radius 2 is 1.68 bits per heavy atom. The van der Waals surface area contributed by atoms with E-state index in [9.17, 15) is 22.8 Å². The molecule has 0 aliphatic heterocycles. The quantitative estimate of drug-likeness (QED) is 0.671. The van der Waals surface area contributed by atoms with Gasteiger partial charge in [0.25, 0.3) is 0 Å². The topological polar surface area (TPSA) is 49.4 Å². The van der Waals surface area contributed by atoms with Crippen LogP contribution in [0.1, 0.15) is 5.56 Å². The number of carbonyl (C=O) groups excluding carboxylic acids is 2. The van der Waals surface area contributed by atoms with Crippen LogP contribution in [-0.4, -0.2) is 29.8 Å². The van der Waals surface area contributed by atoms with Gasteiger partial charge in [0.05, 0.1) is 11.3 Å². The van der Waals surface area contributed by atoms with E-state index in [4.69, 9.17) is 0 Å². The Bertz CT molecular complexity index is 572. The third kappa shape index (κ3) is 4.47.